The molecular weight excluding hydrogens is 308 g/mol. The van der Waals surface area contributed by atoms with E-state index in [0.29, 0.717) is 5.69 Å². The topological polar surface area (TPSA) is 21.4 Å². The predicted octanol–water partition coefficient (Wildman–Crippen LogP) is 5.55. The molecule has 0 saturated carbocycles. The number of pyridine rings is 1. The molecule has 0 aliphatic carbocycles. The van der Waals surface area contributed by atoms with Crippen molar-refractivity contribution in [3.05, 3.63) is 70.7 Å². The number of hydrogen-bond acceptors (Lipinski definition) is 1. The second kappa shape index (κ2) is 5.46. The number of aromatic nitrogens is 1. The maximum atomic E-state index is 7.45. The van der Waals surface area contributed by atoms with Crippen LogP contribution in [0.4, 0.5) is 5.69 Å². The molecule has 0 aliphatic rings. The Morgan fingerprint density at radius 2 is 1.80 bits per heavy atom. The Bertz CT molecular complexity index is 1190. The van der Waals surface area contributed by atoms with E-state index in [4.69, 9.17) is 11.0 Å². The van der Waals surface area contributed by atoms with E-state index in [1.165, 1.54) is 5.56 Å². The van der Waals surface area contributed by atoms with Crippen LogP contribution >= 0.6 is 0 Å². The van der Waals surface area contributed by atoms with Gasteiger partial charge in [-0.15, -0.1) is 0 Å². The first kappa shape index (κ1) is 15.4. The zero-order chi connectivity index (χ0) is 17.7. The van der Waals surface area contributed by atoms with Crippen molar-refractivity contribution in [3.63, 3.8) is 0 Å². The molecule has 0 fully saturated rings. The molecule has 0 spiro atoms. The number of benzene rings is 2. The third kappa shape index (κ3) is 2.15. The van der Waals surface area contributed by atoms with E-state index in [0.717, 1.165) is 44.3 Å². The molecule has 0 aliphatic heterocycles. The summed E-state index contributed by atoms with van der Waals surface area (Å²) in [5, 5.41) is 2.13. The first-order valence-corrected chi connectivity index (χ1v) is 8.31. The Morgan fingerprint density at radius 3 is 2.52 bits per heavy atom. The van der Waals surface area contributed by atoms with Crippen LogP contribution in [0.5, 0.6) is 0 Å². The van der Waals surface area contributed by atoms with Crippen LogP contribution in [0.2, 0.25) is 0 Å². The van der Waals surface area contributed by atoms with Crippen LogP contribution in [0.25, 0.3) is 38.0 Å². The summed E-state index contributed by atoms with van der Waals surface area (Å²) in [7, 11) is 2.05. The van der Waals surface area contributed by atoms with Crippen LogP contribution in [0.1, 0.15) is 16.7 Å². The van der Waals surface area contributed by atoms with Gasteiger partial charge in [-0.05, 0) is 49.6 Å². The lowest BCUT2D eigenvalue weighted by Crippen LogP contribution is -2.30. The van der Waals surface area contributed by atoms with Gasteiger partial charge in [-0.25, -0.2) is 9.41 Å². The number of fused-ring (bicyclic) bond motifs is 3. The minimum absolute atomic E-state index is 0.695. The molecule has 0 radical (unpaired) electrons. The fraction of sp³-hybridized carbons (Fsp3) is 0.182. The first-order valence-electron chi connectivity index (χ1n) is 8.31. The lowest BCUT2D eigenvalue weighted by atomic mass is 9.98. The standard InChI is InChI=1S/C22H19N2O/c1-13-9-10-16-20-15(3)17(23-4)12-14(2)21(20)25-22(16)19(13)18-8-6-7-11-24(18)5/h6-12H,1-3,5H3/q+1. The molecule has 25 heavy (non-hydrogen) atoms. The van der Waals surface area contributed by atoms with Gasteiger partial charge in [0.15, 0.2) is 11.9 Å². The molecule has 0 unspecified atom stereocenters. The zero-order valence-electron chi connectivity index (χ0n) is 14.8. The number of hydrogen-bond donors (Lipinski definition) is 0. The van der Waals surface area contributed by atoms with Crippen LogP contribution in [0.3, 0.4) is 0 Å². The molecule has 122 valence electrons. The van der Waals surface area contributed by atoms with E-state index in [9.17, 15) is 0 Å². The maximum absolute atomic E-state index is 7.45. The predicted molar refractivity (Wildman–Crippen MR) is 101 cm³/mol. The fourth-order valence-electron chi connectivity index (χ4n) is 3.63. The van der Waals surface area contributed by atoms with Crippen LogP contribution < -0.4 is 4.57 Å². The van der Waals surface area contributed by atoms with Gasteiger partial charge in [0.2, 0.25) is 5.69 Å². The summed E-state index contributed by atoms with van der Waals surface area (Å²) in [5.74, 6) is 0. The molecule has 0 N–H and O–H groups in total. The van der Waals surface area contributed by atoms with Crippen LogP contribution in [0.15, 0.2) is 47.0 Å². The van der Waals surface area contributed by atoms with Crippen molar-refractivity contribution in [2.75, 3.05) is 0 Å². The third-order valence-corrected chi connectivity index (χ3v) is 4.97. The number of furan rings is 1. The van der Waals surface area contributed by atoms with Crippen molar-refractivity contribution >= 4 is 27.6 Å². The molecule has 4 rings (SSSR count). The molecule has 0 saturated heterocycles. The largest absolute Gasteiger partial charge is 0.455 e. The SMILES string of the molecule is [C-]#[N+]c1cc(C)c2oc3c(-c4cccc[n+]4C)c(C)ccc3c2c1C. The molecule has 2 heterocycles. The third-order valence-electron chi connectivity index (χ3n) is 4.97. The van der Waals surface area contributed by atoms with E-state index in [2.05, 4.69) is 34.5 Å². The minimum Gasteiger partial charge on any atom is -0.455 e. The lowest BCUT2D eigenvalue weighted by molar-refractivity contribution is -0.660. The molecule has 4 aromatic rings. The van der Waals surface area contributed by atoms with E-state index >= 15 is 0 Å². The molecule has 3 heteroatoms. The summed E-state index contributed by atoms with van der Waals surface area (Å²) in [5.41, 5.74) is 7.86. The van der Waals surface area contributed by atoms with Gasteiger partial charge in [-0.1, -0.05) is 12.1 Å². The average Bonchev–Trinajstić information content (AvgIpc) is 2.99. The highest BCUT2D eigenvalue weighted by Crippen LogP contribution is 2.41. The Balaban J connectivity index is 2.22. The van der Waals surface area contributed by atoms with Crippen molar-refractivity contribution in [3.8, 4) is 11.3 Å². The minimum atomic E-state index is 0.695. The number of nitrogens with zero attached hydrogens (tertiary/aromatic N) is 2. The van der Waals surface area contributed by atoms with E-state index in [1.54, 1.807) is 0 Å². The summed E-state index contributed by atoms with van der Waals surface area (Å²) < 4.78 is 8.48. The van der Waals surface area contributed by atoms with Gasteiger partial charge >= 0.3 is 0 Å². The number of aryl methyl sites for hydroxylation is 4. The quantitative estimate of drug-likeness (QED) is 0.331. The molecular formula is C22H19N2O+. The van der Waals surface area contributed by atoms with Gasteiger partial charge in [0.25, 0.3) is 0 Å². The van der Waals surface area contributed by atoms with Gasteiger partial charge in [0.1, 0.15) is 18.2 Å². The first-order chi connectivity index (χ1) is 12.0. The summed E-state index contributed by atoms with van der Waals surface area (Å²) >= 11 is 0. The van der Waals surface area contributed by atoms with E-state index < -0.39 is 0 Å². The normalized spacial score (nSPS) is 11.2. The van der Waals surface area contributed by atoms with E-state index in [1.807, 2.05) is 45.3 Å². The second-order valence-electron chi connectivity index (χ2n) is 6.59. The summed E-state index contributed by atoms with van der Waals surface area (Å²) in [6.45, 7) is 13.6. The summed E-state index contributed by atoms with van der Waals surface area (Å²) in [6, 6.07) is 12.3. The van der Waals surface area contributed by atoms with Crippen molar-refractivity contribution in [1.29, 1.82) is 0 Å². The Labute approximate surface area is 147 Å². The van der Waals surface area contributed by atoms with Crippen molar-refractivity contribution < 1.29 is 8.98 Å². The molecule has 0 amide bonds. The molecule has 2 aromatic heterocycles. The van der Waals surface area contributed by atoms with E-state index in [-0.39, 0.29) is 0 Å². The second-order valence-corrected chi connectivity index (χ2v) is 6.59. The Kier molecular flexibility index (Phi) is 3.36. The highest BCUT2D eigenvalue weighted by Gasteiger charge is 2.22. The summed E-state index contributed by atoms with van der Waals surface area (Å²) in [4.78, 5) is 3.68. The fourth-order valence-corrected chi connectivity index (χ4v) is 3.63. The van der Waals surface area contributed by atoms with Crippen molar-refractivity contribution in [2.24, 2.45) is 7.05 Å². The monoisotopic (exact) mass is 327 g/mol. The average molecular weight is 327 g/mol. The van der Waals surface area contributed by atoms with Crippen molar-refractivity contribution in [2.45, 2.75) is 20.8 Å². The highest BCUT2D eigenvalue weighted by molar-refractivity contribution is 6.13. The summed E-state index contributed by atoms with van der Waals surface area (Å²) in [6.07, 6.45) is 2.05. The highest BCUT2D eigenvalue weighted by atomic mass is 16.3. The van der Waals surface area contributed by atoms with Gasteiger partial charge in [-0.3, -0.25) is 0 Å². The number of rotatable bonds is 1. The maximum Gasteiger partial charge on any atom is 0.216 e. The van der Waals surface area contributed by atoms with Gasteiger partial charge in [-0.2, -0.15) is 0 Å². The van der Waals surface area contributed by atoms with Gasteiger partial charge in [0.05, 0.1) is 12.1 Å². The van der Waals surface area contributed by atoms with Crippen LogP contribution in [-0.4, -0.2) is 0 Å². The van der Waals surface area contributed by atoms with Crippen LogP contribution in [0, 0.1) is 27.3 Å². The molecule has 3 nitrogen and oxygen atoms in total. The molecule has 2 aromatic carbocycles. The molecule has 0 bridgehead atoms. The Hall–Kier alpha value is -3.12. The van der Waals surface area contributed by atoms with Gasteiger partial charge in [0, 0.05) is 22.9 Å². The zero-order valence-corrected chi connectivity index (χ0v) is 14.8. The smallest absolute Gasteiger partial charge is 0.216 e. The lowest BCUT2D eigenvalue weighted by Gasteiger charge is -2.05. The van der Waals surface area contributed by atoms with Crippen LogP contribution in [-0.2, 0) is 7.05 Å². The molecule has 0 atom stereocenters. The van der Waals surface area contributed by atoms with Gasteiger partial charge < -0.3 is 4.42 Å². The van der Waals surface area contributed by atoms with Crippen molar-refractivity contribution in [1.82, 2.24) is 0 Å². The Morgan fingerprint density at radius 1 is 1.00 bits per heavy atom.